The predicted molar refractivity (Wildman–Crippen MR) is 57.2 cm³/mol. The van der Waals surface area contributed by atoms with E-state index in [0.717, 1.165) is 4.90 Å². The molecule has 2 aromatic rings. The van der Waals surface area contributed by atoms with Crippen molar-refractivity contribution in [1.29, 1.82) is 0 Å². The Bertz CT molecular complexity index is 457. The zero-order chi connectivity index (χ0) is 10.7. The van der Waals surface area contributed by atoms with E-state index in [2.05, 4.69) is 15.1 Å². The fraction of sp³-hybridized carbons (Fsp3) is 0.222. The summed E-state index contributed by atoms with van der Waals surface area (Å²) < 4.78 is 4.87. The maximum atomic E-state index is 5.74. The third-order valence-corrected chi connectivity index (χ3v) is 2.82. The second kappa shape index (κ2) is 4.31. The minimum atomic E-state index is 0.577. The fourth-order valence-corrected chi connectivity index (χ4v) is 1.85. The van der Waals surface area contributed by atoms with Gasteiger partial charge in [0.2, 0.25) is 5.89 Å². The van der Waals surface area contributed by atoms with Gasteiger partial charge < -0.3 is 10.3 Å². The Morgan fingerprint density at radius 2 is 2.40 bits per heavy atom. The predicted octanol–water partition coefficient (Wildman–Crippen LogP) is 1.65. The molecular weight excluding hydrogens is 212 g/mol. The lowest BCUT2D eigenvalue weighted by Gasteiger charge is -2.01. The average molecular weight is 222 g/mol. The first kappa shape index (κ1) is 9.97. The van der Waals surface area contributed by atoms with Crippen LogP contribution < -0.4 is 5.73 Å². The van der Waals surface area contributed by atoms with E-state index in [1.54, 1.807) is 31.1 Å². The largest absolute Gasteiger partial charge is 0.397 e. The van der Waals surface area contributed by atoms with E-state index in [-0.39, 0.29) is 0 Å². The Morgan fingerprint density at radius 3 is 3.07 bits per heavy atom. The second-order valence-electron chi connectivity index (χ2n) is 2.93. The highest BCUT2D eigenvalue weighted by atomic mass is 32.2. The normalized spacial score (nSPS) is 10.5. The van der Waals surface area contributed by atoms with Crippen LogP contribution in [-0.2, 0) is 5.75 Å². The van der Waals surface area contributed by atoms with Crippen molar-refractivity contribution in [3.05, 3.63) is 30.2 Å². The van der Waals surface area contributed by atoms with Crippen molar-refractivity contribution in [2.24, 2.45) is 0 Å². The Kier molecular flexibility index (Phi) is 2.86. The van der Waals surface area contributed by atoms with Gasteiger partial charge in [-0.1, -0.05) is 5.16 Å². The number of pyridine rings is 1. The molecule has 0 atom stereocenters. The van der Waals surface area contributed by atoms with E-state index in [9.17, 15) is 0 Å². The van der Waals surface area contributed by atoms with Crippen molar-refractivity contribution in [2.45, 2.75) is 17.6 Å². The zero-order valence-electron chi connectivity index (χ0n) is 8.17. The summed E-state index contributed by atoms with van der Waals surface area (Å²) in [5.41, 5.74) is 6.41. The number of anilines is 1. The summed E-state index contributed by atoms with van der Waals surface area (Å²) in [5, 5.41) is 3.80. The maximum absolute atomic E-state index is 5.74. The summed E-state index contributed by atoms with van der Waals surface area (Å²) >= 11 is 1.56. The molecule has 78 valence electrons. The van der Waals surface area contributed by atoms with Gasteiger partial charge in [0.25, 0.3) is 0 Å². The summed E-state index contributed by atoms with van der Waals surface area (Å²) in [7, 11) is 0. The van der Waals surface area contributed by atoms with Gasteiger partial charge in [-0.2, -0.15) is 4.98 Å². The van der Waals surface area contributed by atoms with Crippen molar-refractivity contribution in [3.8, 4) is 0 Å². The van der Waals surface area contributed by atoms with Crippen molar-refractivity contribution in [2.75, 3.05) is 5.73 Å². The number of aromatic nitrogens is 3. The molecule has 0 aromatic carbocycles. The zero-order valence-corrected chi connectivity index (χ0v) is 8.99. The van der Waals surface area contributed by atoms with Crippen LogP contribution in [0.4, 0.5) is 5.69 Å². The molecule has 0 aliphatic carbocycles. The monoisotopic (exact) mass is 222 g/mol. The highest BCUT2D eigenvalue weighted by Gasteiger charge is 2.04. The Hall–Kier alpha value is -1.56. The molecule has 2 N–H and O–H groups in total. The number of aryl methyl sites for hydroxylation is 1. The minimum Gasteiger partial charge on any atom is -0.397 e. The van der Waals surface area contributed by atoms with Gasteiger partial charge in [0.1, 0.15) is 0 Å². The Balaban J connectivity index is 2.02. The number of nitrogen functional groups attached to an aromatic ring is 1. The molecule has 0 fully saturated rings. The molecule has 6 heteroatoms. The van der Waals surface area contributed by atoms with Crippen LogP contribution in [0.5, 0.6) is 0 Å². The summed E-state index contributed by atoms with van der Waals surface area (Å²) in [4.78, 5) is 9.00. The summed E-state index contributed by atoms with van der Waals surface area (Å²) in [5.74, 6) is 1.90. The van der Waals surface area contributed by atoms with E-state index < -0.39 is 0 Å². The van der Waals surface area contributed by atoms with Crippen LogP contribution in [0.25, 0.3) is 0 Å². The van der Waals surface area contributed by atoms with E-state index in [1.165, 1.54) is 0 Å². The number of nitrogens with zero attached hydrogens (tertiary/aromatic N) is 3. The topological polar surface area (TPSA) is 77.8 Å². The third kappa shape index (κ3) is 2.47. The van der Waals surface area contributed by atoms with Gasteiger partial charge >= 0.3 is 0 Å². The summed E-state index contributed by atoms with van der Waals surface area (Å²) in [6, 6.07) is 1.87. The lowest BCUT2D eigenvalue weighted by molar-refractivity contribution is 0.389. The van der Waals surface area contributed by atoms with Gasteiger partial charge in [-0.3, -0.25) is 4.98 Å². The van der Waals surface area contributed by atoms with Crippen molar-refractivity contribution in [1.82, 2.24) is 15.1 Å². The molecule has 0 unspecified atom stereocenters. The molecule has 0 radical (unpaired) electrons. The lowest BCUT2D eigenvalue weighted by Crippen LogP contribution is -1.90. The first-order valence-corrected chi connectivity index (χ1v) is 5.36. The van der Waals surface area contributed by atoms with Crippen molar-refractivity contribution < 1.29 is 4.52 Å². The van der Waals surface area contributed by atoms with Gasteiger partial charge in [-0.05, 0) is 6.07 Å². The van der Waals surface area contributed by atoms with Crippen LogP contribution in [0.2, 0.25) is 0 Å². The van der Waals surface area contributed by atoms with Crippen LogP contribution in [0.15, 0.2) is 27.9 Å². The van der Waals surface area contributed by atoms with E-state index in [4.69, 9.17) is 10.3 Å². The second-order valence-corrected chi connectivity index (χ2v) is 3.95. The molecule has 0 bridgehead atoms. The minimum absolute atomic E-state index is 0.577. The molecule has 2 rings (SSSR count). The van der Waals surface area contributed by atoms with Crippen LogP contribution in [0, 0.1) is 6.92 Å². The molecule has 0 aliphatic heterocycles. The highest BCUT2D eigenvalue weighted by molar-refractivity contribution is 7.98. The molecule has 0 aliphatic rings. The first-order valence-electron chi connectivity index (χ1n) is 4.37. The van der Waals surface area contributed by atoms with Gasteiger partial charge in [0.15, 0.2) is 5.82 Å². The molecule has 0 saturated carbocycles. The van der Waals surface area contributed by atoms with Gasteiger partial charge in [0, 0.05) is 18.0 Å². The molecule has 2 aromatic heterocycles. The molecular formula is C9H10N4OS. The van der Waals surface area contributed by atoms with Crippen molar-refractivity contribution in [3.63, 3.8) is 0 Å². The quantitative estimate of drug-likeness (QED) is 0.795. The van der Waals surface area contributed by atoms with Crippen LogP contribution in [-0.4, -0.2) is 15.1 Å². The van der Waals surface area contributed by atoms with E-state index >= 15 is 0 Å². The number of hydrogen-bond acceptors (Lipinski definition) is 6. The smallest absolute Gasteiger partial charge is 0.223 e. The van der Waals surface area contributed by atoms with Crippen LogP contribution in [0.3, 0.4) is 0 Å². The van der Waals surface area contributed by atoms with Gasteiger partial charge in [0.05, 0.1) is 17.6 Å². The first-order chi connectivity index (χ1) is 7.25. The fourth-order valence-electron chi connectivity index (χ4n) is 1.07. The molecule has 0 spiro atoms. The summed E-state index contributed by atoms with van der Waals surface area (Å²) in [6.07, 6.45) is 3.34. The number of thioether (sulfide) groups is 1. The average Bonchev–Trinajstić information content (AvgIpc) is 2.63. The molecule has 5 nitrogen and oxygen atoms in total. The SMILES string of the molecule is Cc1nc(CSc2ccncc2N)no1. The highest BCUT2D eigenvalue weighted by Crippen LogP contribution is 2.25. The van der Waals surface area contributed by atoms with Gasteiger partial charge in [-0.15, -0.1) is 11.8 Å². The van der Waals surface area contributed by atoms with E-state index in [0.29, 0.717) is 23.2 Å². The van der Waals surface area contributed by atoms with Crippen molar-refractivity contribution >= 4 is 17.4 Å². The number of hydrogen-bond donors (Lipinski definition) is 1. The molecule has 0 saturated heterocycles. The Labute approximate surface area is 91.1 Å². The molecule has 0 amide bonds. The number of rotatable bonds is 3. The van der Waals surface area contributed by atoms with Gasteiger partial charge in [-0.25, -0.2) is 0 Å². The maximum Gasteiger partial charge on any atom is 0.223 e. The standard InChI is InChI=1S/C9H10N4OS/c1-6-12-9(13-14-6)5-15-8-2-3-11-4-7(8)10/h2-4H,5,10H2,1H3. The lowest BCUT2D eigenvalue weighted by atomic mass is 10.4. The summed E-state index contributed by atoms with van der Waals surface area (Å²) in [6.45, 7) is 1.77. The number of nitrogens with two attached hydrogens (primary N) is 1. The van der Waals surface area contributed by atoms with E-state index in [1.807, 2.05) is 6.07 Å². The Morgan fingerprint density at radius 1 is 1.53 bits per heavy atom. The third-order valence-electron chi connectivity index (χ3n) is 1.74. The van der Waals surface area contributed by atoms with Crippen LogP contribution >= 0.6 is 11.8 Å². The van der Waals surface area contributed by atoms with Crippen LogP contribution in [0.1, 0.15) is 11.7 Å². The molecule has 2 heterocycles. The molecule has 15 heavy (non-hydrogen) atoms.